The fourth-order valence-corrected chi connectivity index (χ4v) is 3.20. The van der Waals surface area contributed by atoms with E-state index >= 15 is 0 Å². The van der Waals surface area contributed by atoms with Gasteiger partial charge in [-0.25, -0.2) is 8.42 Å². The Hall–Kier alpha value is -1.41. The highest BCUT2D eigenvalue weighted by Crippen LogP contribution is 2.19. The molecular weight excluding hydrogens is 258 g/mol. The van der Waals surface area contributed by atoms with Crippen molar-refractivity contribution in [1.82, 2.24) is 14.9 Å². The number of aromatic nitrogens is 2. The summed E-state index contributed by atoms with van der Waals surface area (Å²) in [6.07, 6.45) is 1.92. The highest BCUT2D eigenvalue weighted by atomic mass is 32.2. The van der Waals surface area contributed by atoms with E-state index in [4.69, 9.17) is 5.11 Å². The minimum Gasteiger partial charge on any atom is -0.480 e. The predicted molar refractivity (Wildman–Crippen MR) is 64.6 cm³/mol. The number of carbonyl (C=O) groups is 1. The van der Waals surface area contributed by atoms with Crippen LogP contribution in [-0.2, 0) is 14.8 Å². The number of aromatic amines is 1. The van der Waals surface area contributed by atoms with Crippen molar-refractivity contribution >= 4 is 16.0 Å². The SMILES string of the molecule is CCCC(C)(NS(=O)(=O)c1cn[nH]c1C)C(=O)O. The molecule has 0 aliphatic rings. The number of hydrogen-bond donors (Lipinski definition) is 3. The molecule has 0 aliphatic carbocycles. The van der Waals surface area contributed by atoms with Crippen molar-refractivity contribution in [1.29, 1.82) is 0 Å². The molecule has 0 spiro atoms. The van der Waals surface area contributed by atoms with Crippen LogP contribution < -0.4 is 4.72 Å². The van der Waals surface area contributed by atoms with Crippen LogP contribution in [0.3, 0.4) is 0 Å². The van der Waals surface area contributed by atoms with E-state index in [0.29, 0.717) is 12.1 Å². The molecular formula is C10H17N3O4S. The van der Waals surface area contributed by atoms with Crippen molar-refractivity contribution in [3.05, 3.63) is 11.9 Å². The topological polar surface area (TPSA) is 112 Å². The van der Waals surface area contributed by atoms with Crippen molar-refractivity contribution in [2.75, 3.05) is 0 Å². The quantitative estimate of drug-likeness (QED) is 0.705. The van der Waals surface area contributed by atoms with Gasteiger partial charge in [0, 0.05) is 0 Å². The van der Waals surface area contributed by atoms with Crippen LogP contribution in [0.5, 0.6) is 0 Å². The number of carboxylic acids is 1. The third kappa shape index (κ3) is 2.88. The molecule has 1 aromatic heterocycles. The molecule has 0 fully saturated rings. The zero-order valence-electron chi connectivity index (χ0n) is 10.5. The van der Waals surface area contributed by atoms with Crippen LogP contribution in [0.2, 0.25) is 0 Å². The molecule has 1 rings (SSSR count). The van der Waals surface area contributed by atoms with E-state index in [-0.39, 0.29) is 11.3 Å². The van der Waals surface area contributed by atoms with Gasteiger partial charge < -0.3 is 5.11 Å². The summed E-state index contributed by atoms with van der Waals surface area (Å²) < 4.78 is 26.4. The molecule has 0 amide bonds. The van der Waals surface area contributed by atoms with Gasteiger partial charge in [0.1, 0.15) is 10.4 Å². The largest absolute Gasteiger partial charge is 0.480 e. The maximum Gasteiger partial charge on any atom is 0.324 e. The molecule has 1 atom stereocenters. The van der Waals surface area contributed by atoms with E-state index in [2.05, 4.69) is 14.9 Å². The molecule has 0 radical (unpaired) electrons. The number of hydrogen-bond acceptors (Lipinski definition) is 4. The van der Waals surface area contributed by atoms with E-state index in [1.54, 1.807) is 13.8 Å². The zero-order valence-corrected chi connectivity index (χ0v) is 11.3. The smallest absolute Gasteiger partial charge is 0.324 e. The summed E-state index contributed by atoms with van der Waals surface area (Å²) in [6, 6.07) is 0. The van der Waals surface area contributed by atoms with Gasteiger partial charge in [-0.05, 0) is 20.3 Å². The summed E-state index contributed by atoms with van der Waals surface area (Å²) in [7, 11) is -3.90. The van der Waals surface area contributed by atoms with E-state index in [1.807, 2.05) is 0 Å². The number of aryl methyl sites for hydroxylation is 1. The van der Waals surface area contributed by atoms with Gasteiger partial charge in [-0.3, -0.25) is 9.89 Å². The third-order valence-electron chi connectivity index (χ3n) is 2.65. The molecule has 0 aromatic carbocycles. The fourth-order valence-electron chi connectivity index (χ4n) is 1.66. The first-order chi connectivity index (χ1) is 8.23. The van der Waals surface area contributed by atoms with E-state index < -0.39 is 21.5 Å². The third-order valence-corrected chi connectivity index (χ3v) is 4.36. The number of nitrogens with zero attached hydrogens (tertiary/aromatic N) is 1. The molecule has 3 N–H and O–H groups in total. The normalized spacial score (nSPS) is 15.3. The van der Waals surface area contributed by atoms with Crippen LogP contribution in [0.15, 0.2) is 11.1 Å². The fraction of sp³-hybridized carbons (Fsp3) is 0.600. The Morgan fingerprint density at radius 2 is 2.22 bits per heavy atom. The van der Waals surface area contributed by atoms with Crippen LogP contribution in [0, 0.1) is 6.92 Å². The second kappa shape index (κ2) is 5.07. The van der Waals surface area contributed by atoms with E-state index in [9.17, 15) is 13.2 Å². The first-order valence-corrected chi connectivity index (χ1v) is 6.98. The Labute approximate surface area is 106 Å². The highest BCUT2D eigenvalue weighted by molar-refractivity contribution is 7.89. The lowest BCUT2D eigenvalue weighted by Gasteiger charge is -2.25. The van der Waals surface area contributed by atoms with Gasteiger partial charge in [0.2, 0.25) is 10.0 Å². The van der Waals surface area contributed by atoms with Crippen LogP contribution >= 0.6 is 0 Å². The molecule has 1 aromatic rings. The van der Waals surface area contributed by atoms with Gasteiger partial charge in [0.15, 0.2) is 0 Å². The van der Waals surface area contributed by atoms with Crippen molar-refractivity contribution in [3.63, 3.8) is 0 Å². The summed E-state index contributed by atoms with van der Waals surface area (Å²) in [4.78, 5) is 11.2. The molecule has 1 heterocycles. The summed E-state index contributed by atoms with van der Waals surface area (Å²) >= 11 is 0. The summed E-state index contributed by atoms with van der Waals surface area (Å²) in [5.41, 5.74) is -1.15. The Kier molecular flexibility index (Phi) is 4.12. The van der Waals surface area contributed by atoms with Gasteiger partial charge in [-0.15, -0.1) is 0 Å². The summed E-state index contributed by atoms with van der Waals surface area (Å²) in [5, 5.41) is 15.3. The van der Waals surface area contributed by atoms with Gasteiger partial charge in [0.05, 0.1) is 11.9 Å². The lowest BCUT2D eigenvalue weighted by Crippen LogP contribution is -2.51. The second-order valence-electron chi connectivity index (χ2n) is 4.35. The first kappa shape index (κ1) is 14.7. The molecule has 18 heavy (non-hydrogen) atoms. The predicted octanol–water partition coefficient (Wildman–Crippen LogP) is 0.640. The van der Waals surface area contributed by atoms with Crippen molar-refractivity contribution in [2.45, 2.75) is 44.0 Å². The van der Waals surface area contributed by atoms with Crippen LogP contribution in [0.1, 0.15) is 32.4 Å². The summed E-state index contributed by atoms with van der Waals surface area (Å²) in [6.45, 7) is 4.70. The lowest BCUT2D eigenvalue weighted by molar-refractivity contribution is -0.143. The van der Waals surface area contributed by atoms with Crippen molar-refractivity contribution < 1.29 is 18.3 Å². The van der Waals surface area contributed by atoms with Crippen LogP contribution in [0.4, 0.5) is 0 Å². The molecule has 102 valence electrons. The van der Waals surface area contributed by atoms with E-state index in [0.717, 1.165) is 6.20 Å². The first-order valence-electron chi connectivity index (χ1n) is 5.50. The van der Waals surface area contributed by atoms with Crippen molar-refractivity contribution in [2.24, 2.45) is 0 Å². The second-order valence-corrected chi connectivity index (χ2v) is 6.00. The van der Waals surface area contributed by atoms with E-state index in [1.165, 1.54) is 6.92 Å². The standard InChI is InChI=1S/C10H17N3O4S/c1-4-5-10(3,9(14)15)13-18(16,17)8-6-11-12-7(8)2/h6,13H,4-5H2,1-3H3,(H,11,12)(H,14,15). The number of H-pyrrole nitrogens is 1. The minimum atomic E-state index is -3.90. The van der Waals surface area contributed by atoms with Gasteiger partial charge in [0.25, 0.3) is 0 Å². The molecule has 0 bridgehead atoms. The van der Waals surface area contributed by atoms with Gasteiger partial charge in [-0.1, -0.05) is 13.3 Å². The number of rotatable bonds is 6. The number of nitrogens with one attached hydrogen (secondary N) is 2. The molecule has 8 heteroatoms. The minimum absolute atomic E-state index is 0.0360. The number of aliphatic carboxylic acids is 1. The Morgan fingerprint density at radius 3 is 2.61 bits per heavy atom. The maximum atomic E-state index is 12.1. The monoisotopic (exact) mass is 275 g/mol. The Morgan fingerprint density at radius 1 is 1.61 bits per heavy atom. The average molecular weight is 275 g/mol. The highest BCUT2D eigenvalue weighted by Gasteiger charge is 2.37. The molecule has 0 saturated heterocycles. The van der Waals surface area contributed by atoms with Crippen LogP contribution in [-0.4, -0.2) is 35.2 Å². The Bertz CT molecular complexity index is 537. The zero-order chi connectivity index (χ0) is 14.0. The van der Waals surface area contributed by atoms with Crippen LogP contribution in [0.25, 0.3) is 0 Å². The number of sulfonamides is 1. The molecule has 1 unspecified atom stereocenters. The molecule has 7 nitrogen and oxygen atoms in total. The van der Waals surface area contributed by atoms with Crippen molar-refractivity contribution in [3.8, 4) is 0 Å². The average Bonchev–Trinajstić information content (AvgIpc) is 2.64. The lowest BCUT2D eigenvalue weighted by atomic mass is 9.98. The number of carboxylic acid groups (broad SMARTS) is 1. The molecule has 0 saturated carbocycles. The summed E-state index contributed by atoms with van der Waals surface area (Å²) in [5.74, 6) is -1.20. The maximum absolute atomic E-state index is 12.1. The Balaban J connectivity index is 3.09. The van der Waals surface area contributed by atoms with Gasteiger partial charge in [-0.2, -0.15) is 9.82 Å². The van der Waals surface area contributed by atoms with Gasteiger partial charge >= 0.3 is 5.97 Å². The molecule has 0 aliphatic heterocycles.